The van der Waals surface area contributed by atoms with Gasteiger partial charge in [-0.05, 0) is 27.7 Å². The summed E-state index contributed by atoms with van der Waals surface area (Å²) in [6.45, 7) is 9.07. The second-order valence-corrected chi connectivity index (χ2v) is 4.30. The molecule has 0 saturated carbocycles. The van der Waals surface area contributed by atoms with Gasteiger partial charge in [0.25, 0.3) is 0 Å². The van der Waals surface area contributed by atoms with Crippen LogP contribution in [0.3, 0.4) is 0 Å². The van der Waals surface area contributed by atoms with Gasteiger partial charge >= 0.3 is 0 Å². The Kier molecular flexibility index (Phi) is 2.71. The minimum Gasteiger partial charge on any atom is -0.305 e. The molecule has 0 aliphatic heterocycles. The lowest BCUT2D eigenvalue weighted by Gasteiger charge is -2.19. The molecular weight excluding hydrogens is 164 g/mol. The Hall–Kier alpha value is -0.900. The van der Waals surface area contributed by atoms with Crippen LogP contribution in [0, 0.1) is 6.92 Å². The van der Waals surface area contributed by atoms with Crippen molar-refractivity contribution in [3.63, 3.8) is 0 Å². The van der Waals surface area contributed by atoms with Crippen LogP contribution in [-0.4, -0.2) is 20.3 Å². The summed E-state index contributed by atoms with van der Waals surface area (Å²) in [6.07, 6.45) is 0. The first-order valence-corrected chi connectivity index (χ1v) is 4.50. The summed E-state index contributed by atoms with van der Waals surface area (Å²) in [5, 5.41) is 7.55. The summed E-state index contributed by atoms with van der Waals surface area (Å²) in [5.74, 6) is 1.81. The number of aromatic nitrogens is 3. The van der Waals surface area contributed by atoms with Crippen LogP contribution in [0.1, 0.15) is 32.4 Å². The molecule has 0 unspecified atom stereocenters. The summed E-state index contributed by atoms with van der Waals surface area (Å²) in [5.41, 5.74) is 0.125. The number of aryl methyl sites for hydroxylation is 2. The molecule has 0 aromatic carbocycles. The van der Waals surface area contributed by atoms with Crippen molar-refractivity contribution >= 4 is 0 Å². The van der Waals surface area contributed by atoms with Crippen molar-refractivity contribution < 1.29 is 0 Å². The van der Waals surface area contributed by atoms with Crippen LogP contribution in [0.15, 0.2) is 0 Å². The number of hydrogen-bond donors (Lipinski definition) is 1. The highest BCUT2D eigenvalue weighted by molar-refractivity contribution is 4.91. The van der Waals surface area contributed by atoms with Crippen LogP contribution >= 0.6 is 0 Å². The lowest BCUT2D eigenvalue weighted by atomic mass is 10.1. The van der Waals surface area contributed by atoms with Crippen molar-refractivity contribution in [1.82, 2.24) is 20.1 Å². The average molecular weight is 182 g/mol. The highest BCUT2D eigenvalue weighted by atomic mass is 15.3. The largest absolute Gasteiger partial charge is 0.305 e. The molecule has 0 amide bonds. The standard InChI is InChI=1S/C9H18N4/c1-7-11-8(13(5)12-7)6-10-9(2,3)4/h10H,6H2,1-5H3. The van der Waals surface area contributed by atoms with Gasteiger partial charge in [0.2, 0.25) is 0 Å². The van der Waals surface area contributed by atoms with E-state index in [1.165, 1.54) is 0 Å². The van der Waals surface area contributed by atoms with Gasteiger partial charge in [-0.25, -0.2) is 4.98 Å². The highest BCUT2D eigenvalue weighted by Crippen LogP contribution is 2.01. The fourth-order valence-electron chi connectivity index (χ4n) is 1.05. The number of nitrogens with one attached hydrogen (secondary N) is 1. The van der Waals surface area contributed by atoms with Crippen LogP contribution in [0.5, 0.6) is 0 Å². The Morgan fingerprint density at radius 2 is 2.00 bits per heavy atom. The molecule has 0 aliphatic carbocycles. The molecule has 0 fully saturated rings. The Morgan fingerprint density at radius 3 is 2.38 bits per heavy atom. The molecule has 1 rings (SSSR count). The molecule has 0 radical (unpaired) electrons. The third-order valence-corrected chi connectivity index (χ3v) is 1.74. The first-order chi connectivity index (χ1) is 5.88. The van der Waals surface area contributed by atoms with Gasteiger partial charge in [0.05, 0.1) is 6.54 Å². The minimum absolute atomic E-state index is 0.125. The predicted octanol–water partition coefficient (Wildman–Crippen LogP) is 1.01. The normalized spacial score (nSPS) is 12.1. The molecule has 0 spiro atoms. The van der Waals surface area contributed by atoms with Gasteiger partial charge in [-0.15, -0.1) is 0 Å². The van der Waals surface area contributed by atoms with Gasteiger partial charge in [0.15, 0.2) is 0 Å². The zero-order chi connectivity index (χ0) is 10.1. The van der Waals surface area contributed by atoms with E-state index in [4.69, 9.17) is 0 Å². The third-order valence-electron chi connectivity index (χ3n) is 1.74. The highest BCUT2D eigenvalue weighted by Gasteiger charge is 2.11. The molecule has 1 N–H and O–H groups in total. The maximum atomic E-state index is 4.30. The second kappa shape index (κ2) is 3.46. The van der Waals surface area contributed by atoms with Crippen LogP contribution in [0.4, 0.5) is 0 Å². The van der Waals surface area contributed by atoms with E-state index < -0.39 is 0 Å². The minimum atomic E-state index is 0.125. The van der Waals surface area contributed by atoms with E-state index in [0.29, 0.717) is 0 Å². The van der Waals surface area contributed by atoms with E-state index in [2.05, 4.69) is 36.2 Å². The van der Waals surface area contributed by atoms with Crippen molar-refractivity contribution in [2.24, 2.45) is 7.05 Å². The summed E-state index contributed by atoms with van der Waals surface area (Å²) in [6, 6.07) is 0. The summed E-state index contributed by atoms with van der Waals surface area (Å²) in [4.78, 5) is 4.30. The summed E-state index contributed by atoms with van der Waals surface area (Å²) >= 11 is 0. The summed E-state index contributed by atoms with van der Waals surface area (Å²) < 4.78 is 1.81. The Balaban J connectivity index is 2.59. The zero-order valence-corrected chi connectivity index (χ0v) is 9.05. The molecule has 0 saturated heterocycles. The molecule has 4 nitrogen and oxygen atoms in total. The molecule has 1 aromatic rings. The van der Waals surface area contributed by atoms with E-state index in [-0.39, 0.29) is 5.54 Å². The van der Waals surface area contributed by atoms with Crippen molar-refractivity contribution in [3.05, 3.63) is 11.6 Å². The topological polar surface area (TPSA) is 42.7 Å². The molecule has 0 bridgehead atoms. The zero-order valence-electron chi connectivity index (χ0n) is 9.05. The van der Waals surface area contributed by atoms with Crippen LogP contribution in [-0.2, 0) is 13.6 Å². The molecule has 1 heterocycles. The maximum absolute atomic E-state index is 4.30. The molecular formula is C9H18N4. The van der Waals surface area contributed by atoms with Crippen LogP contribution < -0.4 is 5.32 Å². The molecule has 4 heteroatoms. The van der Waals surface area contributed by atoms with Crippen molar-refractivity contribution in [2.75, 3.05) is 0 Å². The Labute approximate surface area is 79.4 Å². The first-order valence-electron chi connectivity index (χ1n) is 4.50. The first kappa shape index (κ1) is 10.2. The van der Waals surface area contributed by atoms with E-state index in [9.17, 15) is 0 Å². The van der Waals surface area contributed by atoms with Gasteiger partial charge in [-0.3, -0.25) is 4.68 Å². The number of hydrogen-bond acceptors (Lipinski definition) is 3. The van der Waals surface area contributed by atoms with Gasteiger partial charge in [0.1, 0.15) is 11.6 Å². The van der Waals surface area contributed by atoms with Crippen molar-refractivity contribution in [2.45, 2.75) is 39.8 Å². The second-order valence-electron chi connectivity index (χ2n) is 4.30. The average Bonchev–Trinajstić information content (AvgIpc) is 2.24. The summed E-state index contributed by atoms with van der Waals surface area (Å²) in [7, 11) is 1.92. The van der Waals surface area contributed by atoms with Gasteiger partial charge in [-0.1, -0.05) is 0 Å². The molecule has 74 valence electrons. The van der Waals surface area contributed by atoms with Crippen LogP contribution in [0.25, 0.3) is 0 Å². The molecule has 0 atom stereocenters. The van der Waals surface area contributed by atoms with Crippen LogP contribution in [0.2, 0.25) is 0 Å². The number of nitrogens with zero attached hydrogens (tertiary/aromatic N) is 3. The molecule has 0 aliphatic rings. The smallest absolute Gasteiger partial charge is 0.147 e. The lowest BCUT2D eigenvalue weighted by Crippen LogP contribution is -2.35. The van der Waals surface area contributed by atoms with E-state index in [1.54, 1.807) is 0 Å². The lowest BCUT2D eigenvalue weighted by molar-refractivity contribution is 0.412. The monoisotopic (exact) mass is 182 g/mol. The molecule has 13 heavy (non-hydrogen) atoms. The number of rotatable bonds is 2. The van der Waals surface area contributed by atoms with E-state index in [0.717, 1.165) is 18.2 Å². The molecule has 1 aromatic heterocycles. The van der Waals surface area contributed by atoms with Gasteiger partial charge in [0, 0.05) is 12.6 Å². The van der Waals surface area contributed by atoms with Gasteiger partial charge < -0.3 is 5.32 Å². The van der Waals surface area contributed by atoms with Crippen molar-refractivity contribution in [3.8, 4) is 0 Å². The van der Waals surface area contributed by atoms with E-state index in [1.807, 2.05) is 18.7 Å². The predicted molar refractivity (Wildman–Crippen MR) is 52.3 cm³/mol. The fraction of sp³-hybridized carbons (Fsp3) is 0.778. The van der Waals surface area contributed by atoms with Gasteiger partial charge in [-0.2, -0.15) is 5.10 Å². The van der Waals surface area contributed by atoms with Crippen molar-refractivity contribution in [1.29, 1.82) is 0 Å². The SMILES string of the molecule is Cc1nc(CNC(C)(C)C)n(C)n1. The quantitative estimate of drug-likeness (QED) is 0.742. The Bertz CT molecular complexity index is 282. The third kappa shape index (κ3) is 3.14. The van der Waals surface area contributed by atoms with E-state index >= 15 is 0 Å². The fourth-order valence-corrected chi connectivity index (χ4v) is 1.05. The maximum Gasteiger partial charge on any atom is 0.147 e. The Morgan fingerprint density at radius 1 is 1.38 bits per heavy atom.